The van der Waals surface area contributed by atoms with Crippen molar-refractivity contribution in [3.8, 4) is 5.69 Å². The second-order valence-corrected chi connectivity index (χ2v) is 9.24. The molecule has 2 aromatic heterocycles. The Morgan fingerprint density at radius 2 is 1.71 bits per heavy atom. The number of aromatic nitrogens is 4. The van der Waals surface area contributed by atoms with Crippen LogP contribution < -0.4 is 5.32 Å². The third kappa shape index (κ3) is 4.52. The molecule has 4 aromatic rings. The number of non-ortho nitro benzene ring substituents is 1. The quantitative estimate of drug-likeness (QED) is 0.303. The fourth-order valence-electron chi connectivity index (χ4n) is 3.87. The molecule has 1 aliphatic heterocycles. The minimum atomic E-state index is -0.404. The van der Waals surface area contributed by atoms with Gasteiger partial charge in [-0.2, -0.15) is 5.10 Å². The number of aliphatic imine (C=N–C) groups is 1. The van der Waals surface area contributed by atoms with Gasteiger partial charge in [-0.05, 0) is 45.0 Å². The van der Waals surface area contributed by atoms with Crippen molar-refractivity contribution in [3.63, 3.8) is 0 Å². The van der Waals surface area contributed by atoms with E-state index in [9.17, 15) is 10.1 Å². The predicted molar refractivity (Wildman–Crippen MR) is 137 cm³/mol. The highest BCUT2D eigenvalue weighted by molar-refractivity contribution is 7.99. The summed E-state index contributed by atoms with van der Waals surface area (Å²) in [5, 5.41) is 19.2. The number of aryl methyl sites for hydroxylation is 3. The summed E-state index contributed by atoms with van der Waals surface area (Å²) in [6.07, 6.45) is 1.77. The number of nitrogens with one attached hydrogen (secondary N) is 1. The molecule has 3 heterocycles. The highest BCUT2D eigenvalue weighted by Crippen LogP contribution is 2.33. The van der Waals surface area contributed by atoms with Gasteiger partial charge in [-0.1, -0.05) is 18.2 Å². The van der Waals surface area contributed by atoms with Gasteiger partial charge in [0.2, 0.25) is 0 Å². The first kappa shape index (κ1) is 22.7. The Morgan fingerprint density at radius 1 is 1.00 bits per heavy atom. The third-order valence-corrected chi connectivity index (χ3v) is 6.82. The number of rotatable bonds is 6. The maximum atomic E-state index is 11.1. The fraction of sp³-hybridized carbons (Fsp3) is 0.200. The Bertz CT molecular complexity index is 1430. The van der Waals surface area contributed by atoms with Gasteiger partial charge < -0.3 is 5.32 Å². The number of fused-ring (bicyclic) bond motifs is 1. The van der Waals surface area contributed by atoms with Crippen molar-refractivity contribution in [2.75, 3.05) is 5.32 Å². The Balaban J connectivity index is 1.51. The van der Waals surface area contributed by atoms with Gasteiger partial charge in [0.15, 0.2) is 5.50 Å². The van der Waals surface area contributed by atoms with Crippen LogP contribution >= 0.6 is 11.8 Å². The number of para-hydroxylation sites is 1. The molecular formula is C25H23N7O2S. The van der Waals surface area contributed by atoms with E-state index in [4.69, 9.17) is 9.98 Å². The lowest BCUT2D eigenvalue weighted by Gasteiger charge is -2.24. The Hall–Kier alpha value is -4.05. The Labute approximate surface area is 206 Å². The Kier molecular flexibility index (Phi) is 6.04. The van der Waals surface area contributed by atoms with E-state index in [2.05, 4.69) is 15.4 Å². The molecule has 0 bridgehead atoms. The molecule has 2 aromatic carbocycles. The molecular weight excluding hydrogens is 462 g/mol. The molecule has 35 heavy (non-hydrogen) atoms. The van der Waals surface area contributed by atoms with Gasteiger partial charge in [0.25, 0.3) is 5.69 Å². The molecule has 1 unspecified atom stereocenters. The van der Waals surface area contributed by atoms with E-state index in [1.807, 2.05) is 55.8 Å². The molecule has 9 nitrogen and oxygen atoms in total. The van der Waals surface area contributed by atoms with Crippen LogP contribution in [0.5, 0.6) is 0 Å². The zero-order valence-corrected chi connectivity index (χ0v) is 20.3. The van der Waals surface area contributed by atoms with Crippen molar-refractivity contribution >= 4 is 29.0 Å². The van der Waals surface area contributed by atoms with E-state index >= 15 is 0 Å². The number of benzene rings is 2. The molecule has 0 saturated carbocycles. The lowest BCUT2D eigenvalue weighted by atomic mass is 10.0. The summed E-state index contributed by atoms with van der Waals surface area (Å²) in [5.74, 6) is 1.45. The van der Waals surface area contributed by atoms with Crippen LogP contribution in [-0.2, 0) is 5.75 Å². The van der Waals surface area contributed by atoms with E-state index in [0.29, 0.717) is 5.75 Å². The highest BCUT2D eigenvalue weighted by atomic mass is 32.2. The van der Waals surface area contributed by atoms with Crippen LogP contribution in [0.1, 0.15) is 33.9 Å². The van der Waals surface area contributed by atoms with Crippen LogP contribution in [-0.4, -0.2) is 35.9 Å². The molecule has 0 fully saturated rings. The second kappa shape index (κ2) is 9.30. The van der Waals surface area contributed by atoms with Crippen LogP contribution in [0.25, 0.3) is 5.69 Å². The second-order valence-electron chi connectivity index (χ2n) is 8.17. The van der Waals surface area contributed by atoms with E-state index in [1.165, 1.54) is 12.1 Å². The first-order chi connectivity index (χ1) is 16.9. The minimum absolute atomic E-state index is 0.0400. The van der Waals surface area contributed by atoms with Crippen molar-refractivity contribution < 1.29 is 4.92 Å². The molecule has 1 N–H and O–H groups in total. The smallest absolute Gasteiger partial charge is 0.269 e. The van der Waals surface area contributed by atoms with Gasteiger partial charge in [0.1, 0.15) is 5.82 Å². The number of hydrogen-bond acceptors (Lipinski definition) is 8. The van der Waals surface area contributed by atoms with Crippen LogP contribution in [0.4, 0.5) is 11.5 Å². The molecule has 1 aliphatic rings. The highest BCUT2D eigenvalue weighted by Gasteiger charge is 2.27. The average molecular weight is 486 g/mol. The van der Waals surface area contributed by atoms with Crippen molar-refractivity contribution in [3.05, 3.63) is 105 Å². The van der Waals surface area contributed by atoms with E-state index in [1.54, 1.807) is 30.1 Å². The first-order valence-corrected chi connectivity index (χ1v) is 12.1. The molecule has 1 atom stereocenters. The van der Waals surface area contributed by atoms with Gasteiger partial charge in [0.05, 0.1) is 50.9 Å². The molecule has 0 spiro atoms. The average Bonchev–Trinajstić information content (AvgIpc) is 3.29. The Morgan fingerprint density at radius 3 is 2.43 bits per heavy atom. The van der Waals surface area contributed by atoms with E-state index < -0.39 is 4.92 Å². The van der Waals surface area contributed by atoms with Gasteiger partial charge >= 0.3 is 0 Å². The lowest BCUT2D eigenvalue weighted by Crippen LogP contribution is -2.25. The predicted octanol–water partition coefficient (Wildman–Crippen LogP) is 4.98. The van der Waals surface area contributed by atoms with Crippen molar-refractivity contribution in [2.24, 2.45) is 4.99 Å². The molecule has 176 valence electrons. The van der Waals surface area contributed by atoms with Crippen molar-refractivity contribution in [1.82, 2.24) is 19.7 Å². The lowest BCUT2D eigenvalue weighted by molar-refractivity contribution is -0.384. The molecule has 0 saturated heterocycles. The number of anilines is 1. The monoisotopic (exact) mass is 485 g/mol. The number of thioether (sulfide) groups is 1. The van der Waals surface area contributed by atoms with Gasteiger partial charge in [-0.25, -0.2) is 9.67 Å². The molecule has 0 aliphatic carbocycles. The van der Waals surface area contributed by atoms with Gasteiger partial charge in [-0.3, -0.25) is 20.1 Å². The number of nitro groups is 1. The van der Waals surface area contributed by atoms with E-state index in [-0.39, 0.29) is 11.2 Å². The summed E-state index contributed by atoms with van der Waals surface area (Å²) in [4.78, 5) is 25.0. The summed E-state index contributed by atoms with van der Waals surface area (Å²) in [6.45, 7) is 5.89. The van der Waals surface area contributed by atoms with Crippen LogP contribution in [0.2, 0.25) is 0 Å². The maximum absolute atomic E-state index is 11.1. The zero-order chi connectivity index (χ0) is 24.5. The molecule has 10 heteroatoms. The molecule has 0 amide bonds. The van der Waals surface area contributed by atoms with Crippen LogP contribution in [0.15, 0.2) is 65.8 Å². The SMILES string of the molecule is Cc1nc(C)c(CSC2N=C(c3ccc([N+](=O)[O-])cc3)c3cnn(-c4ccccc4)c3N2)nc1C. The maximum Gasteiger partial charge on any atom is 0.269 e. The summed E-state index contributed by atoms with van der Waals surface area (Å²) in [7, 11) is 0. The molecule has 0 radical (unpaired) electrons. The number of hydrogen-bond donors (Lipinski definition) is 1. The first-order valence-electron chi connectivity index (χ1n) is 11.1. The zero-order valence-electron chi connectivity index (χ0n) is 19.5. The summed E-state index contributed by atoms with van der Waals surface area (Å²) in [5.41, 5.74) is 6.69. The fourth-order valence-corrected chi connectivity index (χ4v) is 4.83. The number of nitro benzene ring substituents is 1. The van der Waals surface area contributed by atoms with Crippen molar-refractivity contribution in [2.45, 2.75) is 32.0 Å². The summed E-state index contributed by atoms with van der Waals surface area (Å²) < 4.78 is 1.85. The normalized spacial score (nSPS) is 14.7. The van der Waals surface area contributed by atoms with Crippen molar-refractivity contribution in [1.29, 1.82) is 0 Å². The van der Waals surface area contributed by atoms with Crippen LogP contribution in [0, 0.1) is 30.9 Å². The largest absolute Gasteiger partial charge is 0.339 e. The van der Waals surface area contributed by atoms with Crippen LogP contribution in [0.3, 0.4) is 0 Å². The third-order valence-electron chi connectivity index (χ3n) is 5.84. The number of nitrogens with zero attached hydrogens (tertiary/aromatic N) is 6. The standard InChI is InChI=1S/C25H23N7O2S/c1-15-16(2)28-22(17(3)27-15)14-35-25-29-23(18-9-11-20(12-10-18)32(33)34)21-13-26-31(24(21)30-25)19-7-5-4-6-8-19/h4-13,25,30H,14H2,1-3H3. The summed E-state index contributed by atoms with van der Waals surface area (Å²) in [6, 6.07) is 16.3. The van der Waals surface area contributed by atoms with Gasteiger partial charge in [-0.15, -0.1) is 11.8 Å². The minimum Gasteiger partial charge on any atom is -0.339 e. The molecule has 5 rings (SSSR count). The van der Waals surface area contributed by atoms with E-state index in [0.717, 1.165) is 51.1 Å². The topological polar surface area (TPSA) is 111 Å². The van der Waals surface area contributed by atoms with Gasteiger partial charge in [0, 0.05) is 23.4 Å². The summed E-state index contributed by atoms with van der Waals surface area (Å²) >= 11 is 1.61.